The Morgan fingerprint density at radius 2 is 2.10 bits per heavy atom. The molecule has 0 unspecified atom stereocenters. The van der Waals surface area contributed by atoms with Gasteiger partial charge in [0.2, 0.25) is 0 Å². The second kappa shape index (κ2) is 4.95. The van der Waals surface area contributed by atoms with Crippen LogP contribution in [0.25, 0.3) is 0 Å². The van der Waals surface area contributed by atoms with E-state index in [4.69, 9.17) is 4.98 Å². The van der Waals surface area contributed by atoms with Gasteiger partial charge in [-0.2, -0.15) is 0 Å². The van der Waals surface area contributed by atoms with Gasteiger partial charge in [0.15, 0.2) is 10.9 Å². The first-order valence-corrected chi connectivity index (χ1v) is 8.44. The number of anilines is 2. The van der Waals surface area contributed by atoms with Gasteiger partial charge in [-0.05, 0) is 44.2 Å². The summed E-state index contributed by atoms with van der Waals surface area (Å²) in [5.74, 6) is 0.279. The van der Waals surface area contributed by atoms with Crippen LogP contribution in [0.5, 0.6) is 0 Å². The Morgan fingerprint density at radius 3 is 2.95 bits per heavy atom. The molecular formula is C17H18N2OS. The van der Waals surface area contributed by atoms with E-state index in [9.17, 15) is 4.79 Å². The molecule has 1 aromatic heterocycles. The van der Waals surface area contributed by atoms with Gasteiger partial charge < -0.3 is 4.90 Å². The molecule has 0 atom stereocenters. The van der Waals surface area contributed by atoms with E-state index in [1.165, 1.54) is 16.8 Å². The van der Waals surface area contributed by atoms with Gasteiger partial charge in [-0.15, -0.1) is 0 Å². The Kier molecular flexibility index (Phi) is 3.07. The van der Waals surface area contributed by atoms with Crippen molar-refractivity contribution in [3.63, 3.8) is 0 Å². The molecule has 0 bridgehead atoms. The predicted octanol–water partition coefficient (Wildman–Crippen LogP) is 4.05. The van der Waals surface area contributed by atoms with Crippen LogP contribution in [0.15, 0.2) is 18.2 Å². The van der Waals surface area contributed by atoms with Crippen molar-refractivity contribution in [1.82, 2.24) is 4.98 Å². The summed E-state index contributed by atoms with van der Waals surface area (Å²) in [5.41, 5.74) is 5.00. The monoisotopic (exact) mass is 298 g/mol. The van der Waals surface area contributed by atoms with Gasteiger partial charge in [0.25, 0.3) is 0 Å². The van der Waals surface area contributed by atoms with Crippen molar-refractivity contribution in [3.05, 3.63) is 39.9 Å². The summed E-state index contributed by atoms with van der Waals surface area (Å²) in [5, 5.41) is 1.00. The Labute approximate surface area is 128 Å². The van der Waals surface area contributed by atoms with Gasteiger partial charge in [-0.3, -0.25) is 4.79 Å². The summed E-state index contributed by atoms with van der Waals surface area (Å²) in [6, 6.07) is 6.64. The third-order valence-corrected chi connectivity index (χ3v) is 5.50. The maximum Gasteiger partial charge on any atom is 0.190 e. The lowest BCUT2D eigenvalue weighted by molar-refractivity contribution is 0.0976. The van der Waals surface area contributed by atoms with E-state index in [0.29, 0.717) is 6.42 Å². The number of aryl methyl sites for hydroxylation is 3. The number of nitrogens with zero attached hydrogens (tertiary/aromatic N) is 2. The summed E-state index contributed by atoms with van der Waals surface area (Å²) >= 11 is 1.58. The summed E-state index contributed by atoms with van der Waals surface area (Å²) < 4.78 is 0. The van der Waals surface area contributed by atoms with Gasteiger partial charge in [0.1, 0.15) is 0 Å². The highest BCUT2D eigenvalue weighted by Gasteiger charge is 2.26. The molecule has 3 nitrogen and oxygen atoms in total. The molecule has 0 saturated carbocycles. The highest BCUT2D eigenvalue weighted by atomic mass is 32.1. The average Bonchev–Trinajstić information content (AvgIpc) is 2.91. The second-order valence-electron chi connectivity index (χ2n) is 5.94. The van der Waals surface area contributed by atoms with Crippen LogP contribution in [0.3, 0.4) is 0 Å². The first kappa shape index (κ1) is 13.0. The van der Waals surface area contributed by atoms with Crippen LogP contribution in [0.1, 0.15) is 45.8 Å². The lowest BCUT2D eigenvalue weighted by Crippen LogP contribution is -2.24. The lowest BCUT2D eigenvalue weighted by Gasteiger charge is -2.29. The number of benzene rings is 1. The molecule has 108 valence electrons. The third kappa shape index (κ3) is 2.18. The largest absolute Gasteiger partial charge is 0.318 e. The van der Waals surface area contributed by atoms with Crippen molar-refractivity contribution in [1.29, 1.82) is 0 Å². The molecule has 4 heteroatoms. The third-order valence-electron chi connectivity index (χ3n) is 4.34. The maximum absolute atomic E-state index is 12.0. The summed E-state index contributed by atoms with van der Waals surface area (Å²) in [6.07, 6.45) is 4.87. The molecule has 1 aromatic carbocycles. The molecule has 0 radical (unpaired) electrons. The minimum absolute atomic E-state index is 0.279. The van der Waals surface area contributed by atoms with E-state index >= 15 is 0 Å². The van der Waals surface area contributed by atoms with Crippen molar-refractivity contribution >= 4 is 27.9 Å². The smallest absolute Gasteiger partial charge is 0.190 e. The van der Waals surface area contributed by atoms with Crippen LogP contribution in [-0.2, 0) is 12.8 Å². The number of rotatable bonds is 1. The first-order chi connectivity index (χ1) is 10.2. The number of thiazole rings is 1. The minimum Gasteiger partial charge on any atom is -0.318 e. The molecule has 2 heterocycles. The van der Waals surface area contributed by atoms with E-state index < -0.39 is 0 Å². The van der Waals surface area contributed by atoms with Gasteiger partial charge in [-0.25, -0.2) is 4.98 Å². The van der Waals surface area contributed by atoms with E-state index in [2.05, 4.69) is 30.0 Å². The quantitative estimate of drug-likeness (QED) is 0.796. The number of fused-ring (bicyclic) bond motifs is 2. The molecule has 1 aliphatic heterocycles. The fraction of sp³-hybridized carbons (Fsp3) is 0.412. The van der Waals surface area contributed by atoms with E-state index in [1.807, 2.05) is 0 Å². The van der Waals surface area contributed by atoms with Crippen molar-refractivity contribution in [2.75, 3.05) is 11.4 Å². The number of hydrogen-bond donors (Lipinski definition) is 0. The molecule has 21 heavy (non-hydrogen) atoms. The van der Waals surface area contributed by atoms with Crippen LogP contribution in [0, 0.1) is 6.92 Å². The zero-order chi connectivity index (χ0) is 14.4. The Morgan fingerprint density at radius 1 is 1.19 bits per heavy atom. The number of aromatic nitrogens is 1. The van der Waals surface area contributed by atoms with Crippen LogP contribution in [0.2, 0.25) is 0 Å². The first-order valence-electron chi connectivity index (χ1n) is 7.62. The number of carbonyl (C=O) groups excluding carboxylic acids is 1. The zero-order valence-corrected chi connectivity index (χ0v) is 13.0. The van der Waals surface area contributed by atoms with E-state index in [0.717, 1.165) is 47.9 Å². The fourth-order valence-corrected chi connectivity index (χ4v) is 4.42. The van der Waals surface area contributed by atoms with E-state index in [-0.39, 0.29) is 5.78 Å². The molecule has 2 aromatic rings. The van der Waals surface area contributed by atoms with Gasteiger partial charge in [0.05, 0.1) is 10.6 Å². The van der Waals surface area contributed by atoms with Crippen molar-refractivity contribution in [2.45, 2.75) is 39.0 Å². The fourth-order valence-electron chi connectivity index (χ4n) is 3.30. The molecule has 0 spiro atoms. The van der Waals surface area contributed by atoms with Gasteiger partial charge in [-0.1, -0.05) is 29.0 Å². The van der Waals surface area contributed by atoms with Gasteiger partial charge in [0, 0.05) is 18.7 Å². The number of carbonyl (C=O) groups is 1. The van der Waals surface area contributed by atoms with E-state index in [1.54, 1.807) is 11.3 Å². The molecule has 0 fully saturated rings. The van der Waals surface area contributed by atoms with Crippen molar-refractivity contribution in [2.24, 2.45) is 0 Å². The predicted molar refractivity (Wildman–Crippen MR) is 85.9 cm³/mol. The maximum atomic E-state index is 12.0. The number of Topliss-reactive ketones (excluding diaryl/α,β-unsaturated/α-hetero) is 1. The summed E-state index contributed by atoms with van der Waals surface area (Å²) in [6.45, 7) is 3.14. The summed E-state index contributed by atoms with van der Waals surface area (Å²) in [4.78, 5) is 20.0. The molecule has 0 N–H and O–H groups in total. The van der Waals surface area contributed by atoms with Gasteiger partial charge >= 0.3 is 0 Å². The highest BCUT2D eigenvalue weighted by molar-refractivity contribution is 7.17. The van der Waals surface area contributed by atoms with Crippen LogP contribution in [-0.4, -0.2) is 17.3 Å². The topological polar surface area (TPSA) is 33.2 Å². The Hall–Kier alpha value is -1.68. The lowest BCUT2D eigenvalue weighted by atomic mass is 10.00. The molecule has 4 rings (SSSR count). The SMILES string of the molecule is Cc1ccc2c(c1)CCCN2c1nc2c(s1)C(=O)CCC2. The number of hydrogen-bond acceptors (Lipinski definition) is 4. The minimum atomic E-state index is 0.279. The molecule has 2 aliphatic rings. The Bertz CT molecular complexity index is 720. The average molecular weight is 298 g/mol. The molecule has 0 saturated heterocycles. The van der Waals surface area contributed by atoms with Crippen LogP contribution < -0.4 is 4.90 Å². The zero-order valence-electron chi connectivity index (χ0n) is 12.2. The second-order valence-corrected chi connectivity index (χ2v) is 6.91. The van der Waals surface area contributed by atoms with Crippen LogP contribution in [0.4, 0.5) is 10.8 Å². The molecular weight excluding hydrogens is 280 g/mol. The number of ketones is 1. The van der Waals surface area contributed by atoms with Crippen molar-refractivity contribution in [3.8, 4) is 0 Å². The summed E-state index contributed by atoms with van der Waals surface area (Å²) in [7, 11) is 0. The highest BCUT2D eigenvalue weighted by Crippen LogP contribution is 2.38. The molecule has 1 aliphatic carbocycles. The van der Waals surface area contributed by atoms with Crippen molar-refractivity contribution < 1.29 is 4.79 Å². The Balaban J connectivity index is 1.77. The molecule has 0 amide bonds. The van der Waals surface area contributed by atoms with Crippen LogP contribution >= 0.6 is 11.3 Å². The standard InChI is InChI=1S/C17H18N2OS/c1-11-7-8-14-12(10-11)4-3-9-19(14)17-18-13-5-2-6-15(20)16(13)21-17/h7-8,10H,2-6,9H2,1H3. The normalized spacial score (nSPS) is 17.6.